The van der Waals surface area contributed by atoms with Gasteiger partial charge in [-0.25, -0.2) is 9.97 Å². The average Bonchev–Trinajstić information content (AvgIpc) is 2.69. The van der Waals surface area contributed by atoms with Crippen molar-refractivity contribution in [1.29, 1.82) is 0 Å². The van der Waals surface area contributed by atoms with Crippen LogP contribution < -0.4 is 0 Å². The molecule has 1 aliphatic rings. The number of hydrogen-bond donors (Lipinski definition) is 0. The SMILES string of the molecule is Cc1ccccc1-c1nc(-c2ccccc2)cc(C2(C)C=CC=CC2)n1. The van der Waals surface area contributed by atoms with Crippen LogP contribution in [0, 0.1) is 6.92 Å². The highest BCUT2D eigenvalue weighted by atomic mass is 14.9. The van der Waals surface area contributed by atoms with Gasteiger partial charge in [-0.15, -0.1) is 0 Å². The maximum Gasteiger partial charge on any atom is 0.160 e. The lowest BCUT2D eigenvalue weighted by molar-refractivity contribution is 0.578. The molecule has 2 aromatic carbocycles. The van der Waals surface area contributed by atoms with Gasteiger partial charge in [0.2, 0.25) is 0 Å². The fourth-order valence-corrected chi connectivity index (χ4v) is 3.36. The number of aromatic nitrogens is 2. The van der Waals surface area contributed by atoms with Gasteiger partial charge in [-0.1, -0.05) is 85.8 Å². The Labute approximate surface area is 155 Å². The third kappa shape index (κ3) is 3.11. The first kappa shape index (κ1) is 16.5. The normalized spacial score (nSPS) is 18.8. The molecule has 1 aromatic heterocycles. The minimum atomic E-state index is -0.112. The lowest BCUT2D eigenvalue weighted by Gasteiger charge is -2.27. The van der Waals surface area contributed by atoms with Gasteiger partial charge in [-0.3, -0.25) is 0 Å². The molecule has 2 nitrogen and oxygen atoms in total. The Kier molecular flexibility index (Phi) is 4.26. The molecule has 1 heterocycles. The summed E-state index contributed by atoms with van der Waals surface area (Å²) in [6.45, 7) is 4.35. The highest BCUT2D eigenvalue weighted by Gasteiger charge is 2.27. The summed E-state index contributed by atoms with van der Waals surface area (Å²) in [5.41, 5.74) is 5.31. The molecule has 0 saturated heterocycles. The maximum atomic E-state index is 4.99. The number of hydrogen-bond acceptors (Lipinski definition) is 2. The number of aryl methyl sites for hydroxylation is 1. The van der Waals surface area contributed by atoms with Crippen molar-refractivity contribution in [2.75, 3.05) is 0 Å². The van der Waals surface area contributed by atoms with E-state index in [4.69, 9.17) is 9.97 Å². The van der Waals surface area contributed by atoms with Gasteiger partial charge >= 0.3 is 0 Å². The van der Waals surface area contributed by atoms with Crippen LogP contribution in [0.2, 0.25) is 0 Å². The zero-order valence-electron chi connectivity index (χ0n) is 15.2. The lowest BCUT2D eigenvalue weighted by Crippen LogP contribution is -2.22. The fraction of sp³-hybridized carbons (Fsp3) is 0.167. The van der Waals surface area contributed by atoms with Crippen LogP contribution >= 0.6 is 0 Å². The summed E-state index contributed by atoms with van der Waals surface area (Å²) in [5.74, 6) is 0.795. The Hall–Kier alpha value is -3.00. The van der Waals surface area contributed by atoms with Crippen molar-refractivity contribution in [3.63, 3.8) is 0 Å². The summed E-state index contributed by atoms with van der Waals surface area (Å²) >= 11 is 0. The Balaban J connectivity index is 1.92. The van der Waals surface area contributed by atoms with Crippen molar-refractivity contribution >= 4 is 0 Å². The average molecular weight is 338 g/mol. The van der Waals surface area contributed by atoms with Gasteiger partial charge in [0.25, 0.3) is 0 Å². The summed E-state index contributed by atoms with van der Waals surface area (Å²) in [5, 5.41) is 0. The first-order valence-corrected chi connectivity index (χ1v) is 9.01. The molecule has 128 valence electrons. The van der Waals surface area contributed by atoms with Gasteiger partial charge in [0.05, 0.1) is 11.4 Å². The van der Waals surface area contributed by atoms with Crippen LogP contribution in [0.4, 0.5) is 0 Å². The van der Waals surface area contributed by atoms with Crippen molar-refractivity contribution in [3.8, 4) is 22.6 Å². The van der Waals surface area contributed by atoms with E-state index in [-0.39, 0.29) is 5.41 Å². The summed E-state index contributed by atoms with van der Waals surface area (Å²) in [7, 11) is 0. The summed E-state index contributed by atoms with van der Waals surface area (Å²) < 4.78 is 0. The summed E-state index contributed by atoms with van der Waals surface area (Å²) in [4.78, 5) is 9.90. The lowest BCUT2D eigenvalue weighted by atomic mass is 9.80. The molecule has 0 fully saturated rings. The molecular formula is C24H22N2. The molecule has 3 aromatic rings. The van der Waals surface area contributed by atoms with Crippen LogP contribution in [-0.4, -0.2) is 9.97 Å². The molecular weight excluding hydrogens is 316 g/mol. The molecule has 4 rings (SSSR count). The molecule has 0 spiro atoms. The van der Waals surface area contributed by atoms with Crippen molar-refractivity contribution in [3.05, 3.63) is 96.2 Å². The minimum absolute atomic E-state index is 0.112. The molecule has 0 bridgehead atoms. The molecule has 26 heavy (non-hydrogen) atoms. The van der Waals surface area contributed by atoms with E-state index in [1.165, 1.54) is 5.56 Å². The van der Waals surface area contributed by atoms with Gasteiger partial charge < -0.3 is 0 Å². The van der Waals surface area contributed by atoms with Crippen LogP contribution in [0.15, 0.2) is 85.0 Å². The van der Waals surface area contributed by atoms with Crippen molar-refractivity contribution in [2.24, 2.45) is 0 Å². The Morgan fingerprint density at radius 2 is 1.65 bits per heavy atom. The van der Waals surface area contributed by atoms with E-state index in [1.54, 1.807) is 0 Å². The monoisotopic (exact) mass is 338 g/mol. The Morgan fingerprint density at radius 1 is 0.885 bits per heavy atom. The van der Waals surface area contributed by atoms with Gasteiger partial charge in [0, 0.05) is 16.5 Å². The first-order chi connectivity index (χ1) is 12.7. The van der Waals surface area contributed by atoms with Crippen LogP contribution in [0.1, 0.15) is 24.6 Å². The van der Waals surface area contributed by atoms with E-state index in [0.29, 0.717) is 0 Å². The van der Waals surface area contributed by atoms with E-state index in [1.807, 2.05) is 12.1 Å². The molecule has 2 heteroatoms. The number of rotatable bonds is 3. The Bertz CT molecular complexity index is 986. The molecule has 1 aliphatic carbocycles. The van der Waals surface area contributed by atoms with Crippen molar-refractivity contribution in [1.82, 2.24) is 9.97 Å². The second kappa shape index (κ2) is 6.72. The Morgan fingerprint density at radius 3 is 2.38 bits per heavy atom. The minimum Gasteiger partial charge on any atom is -0.232 e. The standard InChI is InChI=1S/C24H22N2/c1-18-11-7-8-14-20(18)23-25-21(19-12-5-3-6-13-19)17-22(26-23)24(2)15-9-4-10-16-24/h3-15,17H,16H2,1-2H3. The number of benzene rings is 2. The summed E-state index contributed by atoms with van der Waals surface area (Å²) in [6.07, 6.45) is 9.61. The number of allylic oxidation sites excluding steroid dienone is 4. The predicted molar refractivity (Wildman–Crippen MR) is 108 cm³/mol. The molecule has 1 atom stereocenters. The maximum absolute atomic E-state index is 4.99. The third-order valence-corrected chi connectivity index (χ3v) is 5.02. The van der Waals surface area contributed by atoms with E-state index in [2.05, 4.69) is 86.7 Å². The molecule has 0 radical (unpaired) electrons. The summed E-state index contributed by atoms with van der Waals surface area (Å²) in [6, 6.07) is 20.8. The van der Waals surface area contributed by atoms with Gasteiger partial charge in [-0.2, -0.15) is 0 Å². The zero-order chi connectivity index (χ0) is 18.0. The third-order valence-electron chi connectivity index (χ3n) is 5.02. The fourth-order valence-electron chi connectivity index (χ4n) is 3.36. The molecule has 0 aliphatic heterocycles. The first-order valence-electron chi connectivity index (χ1n) is 9.01. The topological polar surface area (TPSA) is 25.8 Å². The number of nitrogens with zero attached hydrogens (tertiary/aromatic N) is 2. The van der Waals surface area contributed by atoms with Gasteiger partial charge in [-0.05, 0) is 25.0 Å². The van der Waals surface area contributed by atoms with E-state index in [9.17, 15) is 0 Å². The van der Waals surface area contributed by atoms with Crippen molar-refractivity contribution in [2.45, 2.75) is 25.7 Å². The van der Waals surface area contributed by atoms with Crippen molar-refractivity contribution < 1.29 is 0 Å². The van der Waals surface area contributed by atoms with Gasteiger partial charge in [0.1, 0.15) is 0 Å². The second-order valence-corrected chi connectivity index (χ2v) is 7.05. The second-order valence-electron chi connectivity index (χ2n) is 7.05. The zero-order valence-corrected chi connectivity index (χ0v) is 15.2. The molecule has 0 amide bonds. The van der Waals surface area contributed by atoms with E-state index >= 15 is 0 Å². The largest absolute Gasteiger partial charge is 0.232 e. The van der Waals surface area contributed by atoms with E-state index in [0.717, 1.165) is 34.8 Å². The molecule has 0 saturated carbocycles. The quantitative estimate of drug-likeness (QED) is 0.595. The van der Waals surface area contributed by atoms with Crippen LogP contribution in [-0.2, 0) is 5.41 Å². The van der Waals surface area contributed by atoms with Gasteiger partial charge in [0.15, 0.2) is 5.82 Å². The van der Waals surface area contributed by atoms with Crippen LogP contribution in [0.5, 0.6) is 0 Å². The predicted octanol–water partition coefficient (Wildman–Crippen LogP) is 5.89. The highest BCUT2D eigenvalue weighted by Crippen LogP contribution is 2.34. The smallest absolute Gasteiger partial charge is 0.160 e. The highest BCUT2D eigenvalue weighted by molar-refractivity contribution is 5.66. The van der Waals surface area contributed by atoms with Crippen LogP contribution in [0.25, 0.3) is 22.6 Å². The molecule has 0 N–H and O–H groups in total. The van der Waals surface area contributed by atoms with Crippen LogP contribution in [0.3, 0.4) is 0 Å². The van der Waals surface area contributed by atoms with E-state index < -0.39 is 0 Å². The molecule has 1 unspecified atom stereocenters.